The summed E-state index contributed by atoms with van der Waals surface area (Å²) in [7, 11) is 0. The summed E-state index contributed by atoms with van der Waals surface area (Å²) in [5.74, 6) is -0.222. The second kappa shape index (κ2) is 5.47. The summed E-state index contributed by atoms with van der Waals surface area (Å²) in [5, 5.41) is 3.20. The lowest BCUT2D eigenvalue weighted by Gasteiger charge is -2.23. The lowest BCUT2D eigenvalue weighted by atomic mass is 9.93. The Morgan fingerprint density at radius 1 is 1.47 bits per heavy atom. The SMILES string of the molecule is CC(C)(CNC(=O)c1ccccc1Cl)C(N)=S. The molecule has 0 aliphatic heterocycles. The van der Waals surface area contributed by atoms with Crippen molar-refractivity contribution in [1.29, 1.82) is 0 Å². The molecule has 0 saturated heterocycles. The summed E-state index contributed by atoms with van der Waals surface area (Å²) >= 11 is 10.8. The van der Waals surface area contributed by atoms with Gasteiger partial charge in [-0.1, -0.05) is 49.8 Å². The van der Waals surface area contributed by atoms with Crippen LogP contribution in [0.2, 0.25) is 5.02 Å². The van der Waals surface area contributed by atoms with Crippen LogP contribution < -0.4 is 11.1 Å². The monoisotopic (exact) mass is 270 g/mol. The number of thiocarbonyl (C=S) groups is 1. The Labute approximate surface area is 111 Å². The quantitative estimate of drug-likeness (QED) is 0.826. The van der Waals surface area contributed by atoms with Crippen LogP contribution in [0.1, 0.15) is 24.2 Å². The van der Waals surface area contributed by atoms with E-state index in [0.29, 0.717) is 22.1 Å². The summed E-state index contributed by atoms with van der Waals surface area (Å²) in [6.45, 7) is 4.14. The van der Waals surface area contributed by atoms with Crippen molar-refractivity contribution in [3.63, 3.8) is 0 Å². The standard InChI is InChI=1S/C12H15ClN2OS/c1-12(2,11(14)17)7-15-10(16)8-5-3-4-6-9(8)13/h3-6H,7H2,1-2H3,(H2,14,17)(H,15,16). The highest BCUT2D eigenvalue weighted by molar-refractivity contribution is 7.80. The van der Waals surface area contributed by atoms with E-state index in [4.69, 9.17) is 29.6 Å². The summed E-state index contributed by atoms with van der Waals surface area (Å²) in [6.07, 6.45) is 0. The van der Waals surface area contributed by atoms with Gasteiger partial charge in [0.2, 0.25) is 0 Å². The van der Waals surface area contributed by atoms with Gasteiger partial charge in [0.25, 0.3) is 5.91 Å². The minimum absolute atomic E-state index is 0.222. The van der Waals surface area contributed by atoms with E-state index in [-0.39, 0.29) is 5.91 Å². The molecule has 5 heteroatoms. The number of nitrogens with one attached hydrogen (secondary N) is 1. The second-order valence-corrected chi connectivity index (χ2v) is 5.26. The van der Waals surface area contributed by atoms with E-state index in [1.165, 1.54) is 0 Å². The summed E-state index contributed by atoms with van der Waals surface area (Å²) in [6, 6.07) is 6.89. The minimum Gasteiger partial charge on any atom is -0.393 e. The first kappa shape index (κ1) is 13.9. The summed E-state index contributed by atoms with van der Waals surface area (Å²) in [5.41, 5.74) is 5.62. The van der Waals surface area contributed by atoms with E-state index in [2.05, 4.69) is 5.32 Å². The highest BCUT2D eigenvalue weighted by Gasteiger charge is 2.22. The van der Waals surface area contributed by atoms with Crippen molar-refractivity contribution >= 4 is 34.7 Å². The molecular weight excluding hydrogens is 256 g/mol. The van der Waals surface area contributed by atoms with Gasteiger partial charge >= 0.3 is 0 Å². The number of rotatable bonds is 4. The number of hydrogen-bond donors (Lipinski definition) is 2. The summed E-state index contributed by atoms with van der Waals surface area (Å²) in [4.78, 5) is 12.2. The molecule has 0 radical (unpaired) electrons. The van der Waals surface area contributed by atoms with Crippen molar-refractivity contribution in [1.82, 2.24) is 5.32 Å². The Morgan fingerprint density at radius 3 is 2.59 bits per heavy atom. The van der Waals surface area contributed by atoms with Gasteiger partial charge in [-0.3, -0.25) is 4.79 Å². The van der Waals surface area contributed by atoms with Crippen molar-refractivity contribution in [2.24, 2.45) is 11.1 Å². The van der Waals surface area contributed by atoms with Crippen molar-refractivity contribution in [3.8, 4) is 0 Å². The lowest BCUT2D eigenvalue weighted by Crippen LogP contribution is -2.41. The fourth-order valence-corrected chi connectivity index (χ4v) is 1.42. The second-order valence-electron chi connectivity index (χ2n) is 4.41. The molecule has 3 N–H and O–H groups in total. The maximum atomic E-state index is 11.9. The number of carbonyl (C=O) groups is 1. The predicted molar refractivity (Wildman–Crippen MR) is 74.4 cm³/mol. The first-order valence-electron chi connectivity index (χ1n) is 5.17. The van der Waals surface area contributed by atoms with Gasteiger partial charge in [0, 0.05) is 12.0 Å². The zero-order valence-electron chi connectivity index (χ0n) is 9.79. The van der Waals surface area contributed by atoms with E-state index < -0.39 is 5.41 Å². The number of carbonyl (C=O) groups excluding carboxylic acids is 1. The van der Waals surface area contributed by atoms with E-state index in [1.807, 2.05) is 13.8 Å². The van der Waals surface area contributed by atoms with Crippen LogP contribution in [0.4, 0.5) is 0 Å². The first-order chi connectivity index (χ1) is 7.84. The molecule has 3 nitrogen and oxygen atoms in total. The third-order valence-electron chi connectivity index (χ3n) is 2.48. The highest BCUT2D eigenvalue weighted by atomic mass is 35.5. The van der Waals surface area contributed by atoms with Gasteiger partial charge in [0.1, 0.15) is 0 Å². The van der Waals surface area contributed by atoms with Crippen molar-refractivity contribution in [3.05, 3.63) is 34.9 Å². The van der Waals surface area contributed by atoms with Crippen LogP contribution in [-0.4, -0.2) is 17.4 Å². The Bertz CT molecular complexity index is 446. The van der Waals surface area contributed by atoms with Crippen molar-refractivity contribution in [2.45, 2.75) is 13.8 Å². The zero-order valence-corrected chi connectivity index (χ0v) is 11.4. The molecule has 92 valence electrons. The van der Waals surface area contributed by atoms with Crippen LogP contribution in [0.5, 0.6) is 0 Å². The Kier molecular flexibility index (Phi) is 4.48. The molecule has 1 aromatic carbocycles. The van der Waals surface area contributed by atoms with Crippen LogP contribution in [-0.2, 0) is 0 Å². The molecule has 0 aliphatic rings. The van der Waals surface area contributed by atoms with Gasteiger partial charge in [-0.05, 0) is 12.1 Å². The highest BCUT2D eigenvalue weighted by Crippen LogP contribution is 2.17. The lowest BCUT2D eigenvalue weighted by molar-refractivity contribution is 0.0945. The number of nitrogens with two attached hydrogens (primary N) is 1. The minimum atomic E-state index is -0.410. The normalized spacial score (nSPS) is 11.0. The van der Waals surface area contributed by atoms with Crippen LogP contribution in [0.25, 0.3) is 0 Å². The maximum Gasteiger partial charge on any atom is 0.252 e. The van der Waals surface area contributed by atoms with E-state index in [0.717, 1.165) is 0 Å². The number of hydrogen-bond acceptors (Lipinski definition) is 2. The molecule has 0 spiro atoms. The molecule has 0 unspecified atom stereocenters. The molecule has 0 aliphatic carbocycles. The smallest absolute Gasteiger partial charge is 0.252 e. The van der Waals surface area contributed by atoms with Crippen LogP contribution >= 0.6 is 23.8 Å². The molecule has 0 bridgehead atoms. The van der Waals surface area contributed by atoms with Gasteiger partial charge in [-0.2, -0.15) is 0 Å². The molecule has 17 heavy (non-hydrogen) atoms. The molecule has 0 atom stereocenters. The molecule has 0 aromatic heterocycles. The van der Waals surface area contributed by atoms with Crippen LogP contribution in [0.15, 0.2) is 24.3 Å². The van der Waals surface area contributed by atoms with Gasteiger partial charge < -0.3 is 11.1 Å². The number of halogens is 1. The Balaban J connectivity index is 2.69. The van der Waals surface area contributed by atoms with Gasteiger partial charge in [0.05, 0.1) is 15.6 Å². The largest absolute Gasteiger partial charge is 0.393 e. The average Bonchev–Trinajstić information content (AvgIpc) is 2.26. The molecule has 1 aromatic rings. The molecule has 0 heterocycles. The molecular formula is C12H15ClN2OS. The fourth-order valence-electron chi connectivity index (χ4n) is 1.13. The maximum absolute atomic E-state index is 11.9. The van der Waals surface area contributed by atoms with Gasteiger partial charge in [0.15, 0.2) is 0 Å². The Hall–Kier alpha value is -1.13. The third kappa shape index (κ3) is 3.68. The summed E-state index contributed by atoms with van der Waals surface area (Å²) < 4.78 is 0. The van der Waals surface area contributed by atoms with Crippen molar-refractivity contribution < 1.29 is 4.79 Å². The van der Waals surface area contributed by atoms with Gasteiger partial charge in [-0.25, -0.2) is 0 Å². The van der Waals surface area contributed by atoms with E-state index >= 15 is 0 Å². The predicted octanol–water partition coefficient (Wildman–Crippen LogP) is 2.38. The third-order valence-corrected chi connectivity index (χ3v) is 3.36. The van der Waals surface area contributed by atoms with Crippen molar-refractivity contribution in [2.75, 3.05) is 6.54 Å². The molecule has 0 saturated carbocycles. The molecule has 0 fully saturated rings. The van der Waals surface area contributed by atoms with E-state index in [9.17, 15) is 4.79 Å². The van der Waals surface area contributed by atoms with Gasteiger partial charge in [-0.15, -0.1) is 0 Å². The van der Waals surface area contributed by atoms with Crippen LogP contribution in [0, 0.1) is 5.41 Å². The molecule has 1 rings (SSSR count). The topological polar surface area (TPSA) is 55.1 Å². The number of amides is 1. The Morgan fingerprint density at radius 2 is 2.06 bits per heavy atom. The van der Waals surface area contributed by atoms with Crippen LogP contribution in [0.3, 0.4) is 0 Å². The average molecular weight is 271 g/mol. The zero-order chi connectivity index (χ0) is 13.1. The number of benzene rings is 1. The first-order valence-corrected chi connectivity index (χ1v) is 5.96. The molecule has 1 amide bonds. The van der Waals surface area contributed by atoms with E-state index in [1.54, 1.807) is 24.3 Å². The fraction of sp³-hybridized carbons (Fsp3) is 0.333.